The minimum absolute atomic E-state index is 0.368. The van der Waals surface area contributed by atoms with E-state index >= 15 is 0 Å². The van der Waals surface area contributed by atoms with Crippen LogP contribution < -0.4 is 5.32 Å². The lowest BCUT2D eigenvalue weighted by atomic mass is 10.2. The first-order valence-electron chi connectivity index (χ1n) is 5.18. The van der Waals surface area contributed by atoms with Gasteiger partial charge in [0.2, 0.25) is 0 Å². The van der Waals surface area contributed by atoms with E-state index in [0.717, 1.165) is 19.6 Å². The van der Waals surface area contributed by atoms with Gasteiger partial charge in [-0.3, -0.25) is 4.68 Å². The van der Waals surface area contributed by atoms with Gasteiger partial charge >= 0.3 is 0 Å². The van der Waals surface area contributed by atoms with Gasteiger partial charge in [-0.2, -0.15) is 5.10 Å². The molecule has 0 bridgehead atoms. The summed E-state index contributed by atoms with van der Waals surface area (Å²) in [5.74, 6) is 0. The molecule has 1 unspecified atom stereocenters. The minimum atomic E-state index is -0.368. The number of aromatic nitrogens is 2. The number of hydrogen-bond donors (Lipinski definition) is 2. The molecule has 0 radical (unpaired) electrons. The van der Waals surface area contributed by atoms with E-state index in [2.05, 4.69) is 10.4 Å². The number of methoxy groups -OCH3 is 1. The smallest absolute Gasteiger partial charge is 0.0785 e. The van der Waals surface area contributed by atoms with Crippen molar-refractivity contribution in [2.24, 2.45) is 0 Å². The van der Waals surface area contributed by atoms with Gasteiger partial charge in [0.15, 0.2) is 0 Å². The summed E-state index contributed by atoms with van der Waals surface area (Å²) < 4.78 is 6.70. The normalized spacial score (nSPS) is 12.9. The predicted molar refractivity (Wildman–Crippen MR) is 57.6 cm³/mol. The molecule has 0 saturated heterocycles. The van der Waals surface area contributed by atoms with Crippen LogP contribution in [0, 0.1) is 0 Å². The molecule has 86 valence electrons. The van der Waals surface area contributed by atoms with Crippen molar-refractivity contribution in [2.45, 2.75) is 19.1 Å². The molecule has 1 aromatic rings. The largest absolute Gasteiger partial charge is 0.391 e. The van der Waals surface area contributed by atoms with Gasteiger partial charge < -0.3 is 15.2 Å². The van der Waals surface area contributed by atoms with E-state index in [1.165, 1.54) is 0 Å². The lowest BCUT2D eigenvalue weighted by Crippen LogP contribution is -2.26. The zero-order valence-electron chi connectivity index (χ0n) is 9.09. The molecular weight excluding hydrogens is 194 g/mol. The second-order valence-electron chi connectivity index (χ2n) is 3.42. The average molecular weight is 213 g/mol. The number of nitrogens with zero attached hydrogens (tertiary/aromatic N) is 2. The number of aliphatic hydroxyl groups excluding tert-OH is 1. The molecule has 2 N–H and O–H groups in total. The molecule has 0 aliphatic rings. The van der Waals surface area contributed by atoms with Crippen LogP contribution in [0.1, 0.15) is 6.42 Å². The standard InChI is InChI=1S/C10H19N3O2/c1-15-9-10(14)3-5-11-6-8-13-7-2-4-12-13/h2,4,7,10-11,14H,3,5-6,8-9H2,1H3. The second-order valence-corrected chi connectivity index (χ2v) is 3.42. The van der Waals surface area contributed by atoms with Crippen molar-refractivity contribution in [1.82, 2.24) is 15.1 Å². The lowest BCUT2D eigenvalue weighted by Gasteiger charge is -2.09. The lowest BCUT2D eigenvalue weighted by molar-refractivity contribution is 0.0594. The third-order valence-electron chi connectivity index (χ3n) is 2.09. The van der Waals surface area contributed by atoms with Crippen molar-refractivity contribution >= 4 is 0 Å². The Morgan fingerprint density at radius 3 is 3.07 bits per heavy atom. The molecule has 1 aromatic heterocycles. The number of rotatable bonds is 8. The molecule has 1 heterocycles. The van der Waals surface area contributed by atoms with E-state index in [1.807, 2.05) is 16.9 Å². The van der Waals surface area contributed by atoms with Gasteiger partial charge in [-0.25, -0.2) is 0 Å². The van der Waals surface area contributed by atoms with Gasteiger partial charge in [0, 0.05) is 26.0 Å². The molecule has 0 aliphatic carbocycles. The number of hydrogen-bond acceptors (Lipinski definition) is 4. The molecule has 15 heavy (non-hydrogen) atoms. The Balaban J connectivity index is 1.93. The Labute approximate surface area is 90.1 Å². The maximum Gasteiger partial charge on any atom is 0.0785 e. The fraction of sp³-hybridized carbons (Fsp3) is 0.700. The van der Waals surface area contributed by atoms with Crippen LogP contribution in [0.25, 0.3) is 0 Å². The topological polar surface area (TPSA) is 59.3 Å². The maximum atomic E-state index is 9.35. The van der Waals surface area contributed by atoms with Gasteiger partial charge in [0.1, 0.15) is 0 Å². The second kappa shape index (κ2) is 7.39. The predicted octanol–water partition coefficient (Wildman–Crippen LogP) is -0.130. The Morgan fingerprint density at radius 2 is 2.40 bits per heavy atom. The molecule has 5 nitrogen and oxygen atoms in total. The fourth-order valence-corrected chi connectivity index (χ4v) is 1.30. The van der Waals surface area contributed by atoms with E-state index in [-0.39, 0.29) is 6.10 Å². The highest BCUT2D eigenvalue weighted by Crippen LogP contribution is 1.90. The highest BCUT2D eigenvalue weighted by atomic mass is 16.5. The summed E-state index contributed by atoms with van der Waals surface area (Å²) >= 11 is 0. The van der Waals surface area contributed by atoms with Crippen molar-refractivity contribution in [3.8, 4) is 0 Å². The van der Waals surface area contributed by atoms with Gasteiger partial charge in [0.25, 0.3) is 0 Å². The van der Waals surface area contributed by atoms with Gasteiger partial charge in [-0.15, -0.1) is 0 Å². The summed E-state index contributed by atoms with van der Waals surface area (Å²) in [6.45, 7) is 2.92. The van der Waals surface area contributed by atoms with Crippen molar-refractivity contribution < 1.29 is 9.84 Å². The number of nitrogens with one attached hydrogen (secondary N) is 1. The van der Waals surface area contributed by atoms with Crippen LogP contribution in [-0.4, -0.2) is 47.8 Å². The van der Waals surface area contributed by atoms with E-state index < -0.39 is 0 Å². The van der Waals surface area contributed by atoms with Gasteiger partial charge in [-0.05, 0) is 19.0 Å². The number of aliphatic hydroxyl groups is 1. The molecule has 5 heteroatoms. The molecule has 0 fully saturated rings. The Kier molecular flexibility index (Phi) is 5.99. The Hall–Kier alpha value is -0.910. The third-order valence-corrected chi connectivity index (χ3v) is 2.09. The summed E-state index contributed by atoms with van der Waals surface area (Å²) in [5, 5.41) is 16.7. The first-order valence-corrected chi connectivity index (χ1v) is 5.18. The van der Waals surface area contributed by atoms with Crippen LogP contribution in [0.2, 0.25) is 0 Å². The Bertz CT molecular complexity index is 239. The fourth-order valence-electron chi connectivity index (χ4n) is 1.30. The minimum Gasteiger partial charge on any atom is -0.391 e. The van der Waals surface area contributed by atoms with Crippen molar-refractivity contribution in [3.63, 3.8) is 0 Å². The summed E-state index contributed by atoms with van der Waals surface area (Å²) in [7, 11) is 1.59. The highest BCUT2D eigenvalue weighted by Gasteiger charge is 2.01. The van der Waals surface area contributed by atoms with Crippen molar-refractivity contribution in [1.29, 1.82) is 0 Å². The van der Waals surface area contributed by atoms with Crippen LogP contribution in [0.15, 0.2) is 18.5 Å². The monoisotopic (exact) mass is 213 g/mol. The summed E-state index contributed by atoms with van der Waals surface area (Å²) in [4.78, 5) is 0. The van der Waals surface area contributed by atoms with E-state index in [0.29, 0.717) is 13.0 Å². The van der Waals surface area contributed by atoms with Crippen molar-refractivity contribution in [2.75, 3.05) is 26.8 Å². The SMILES string of the molecule is COCC(O)CCNCCn1cccn1. The average Bonchev–Trinajstić information content (AvgIpc) is 2.70. The summed E-state index contributed by atoms with van der Waals surface area (Å²) in [6, 6.07) is 1.91. The molecular formula is C10H19N3O2. The molecule has 0 aliphatic heterocycles. The van der Waals surface area contributed by atoms with E-state index in [1.54, 1.807) is 13.3 Å². The van der Waals surface area contributed by atoms with Crippen LogP contribution >= 0.6 is 0 Å². The zero-order chi connectivity index (χ0) is 10.9. The molecule has 0 saturated carbocycles. The van der Waals surface area contributed by atoms with Gasteiger partial charge in [0.05, 0.1) is 19.3 Å². The number of ether oxygens (including phenoxy) is 1. The Morgan fingerprint density at radius 1 is 1.53 bits per heavy atom. The summed E-state index contributed by atoms with van der Waals surface area (Å²) in [6.07, 6.45) is 4.05. The van der Waals surface area contributed by atoms with Crippen LogP contribution in [-0.2, 0) is 11.3 Å². The molecule has 1 atom stereocenters. The quantitative estimate of drug-likeness (QED) is 0.591. The van der Waals surface area contributed by atoms with Crippen LogP contribution in [0.5, 0.6) is 0 Å². The third kappa shape index (κ3) is 5.51. The molecule has 0 amide bonds. The summed E-state index contributed by atoms with van der Waals surface area (Å²) in [5.41, 5.74) is 0. The van der Waals surface area contributed by atoms with E-state index in [4.69, 9.17) is 4.74 Å². The molecule has 0 aromatic carbocycles. The first kappa shape index (κ1) is 12.2. The zero-order valence-corrected chi connectivity index (χ0v) is 9.09. The maximum absolute atomic E-state index is 9.35. The highest BCUT2D eigenvalue weighted by molar-refractivity contribution is 4.77. The first-order chi connectivity index (χ1) is 7.33. The van der Waals surface area contributed by atoms with Crippen LogP contribution in [0.3, 0.4) is 0 Å². The van der Waals surface area contributed by atoms with Crippen molar-refractivity contribution in [3.05, 3.63) is 18.5 Å². The molecule has 1 rings (SSSR count). The van der Waals surface area contributed by atoms with Crippen LogP contribution in [0.4, 0.5) is 0 Å². The van der Waals surface area contributed by atoms with Gasteiger partial charge in [-0.1, -0.05) is 0 Å². The molecule has 0 spiro atoms. The van der Waals surface area contributed by atoms with E-state index in [9.17, 15) is 5.11 Å².